The first-order chi connectivity index (χ1) is 7.24. The van der Waals surface area contributed by atoms with Crippen LogP contribution in [0.3, 0.4) is 0 Å². The lowest BCUT2D eigenvalue weighted by Crippen LogP contribution is -2.25. The van der Waals surface area contributed by atoms with Gasteiger partial charge in [-0.15, -0.1) is 0 Å². The van der Waals surface area contributed by atoms with Gasteiger partial charge in [0.25, 0.3) is 0 Å². The van der Waals surface area contributed by atoms with Gasteiger partial charge in [0.2, 0.25) is 0 Å². The molecule has 1 atom stereocenters. The summed E-state index contributed by atoms with van der Waals surface area (Å²) in [5, 5.41) is 4.91. The summed E-state index contributed by atoms with van der Waals surface area (Å²) in [7, 11) is 0. The highest BCUT2D eigenvalue weighted by molar-refractivity contribution is 8.14. The van der Waals surface area contributed by atoms with E-state index in [9.17, 15) is 0 Å². The van der Waals surface area contributed by atoms with Crippen LogP contribution in [0, 0.1) is 6.92 Å². The van der Waals surface area contributed by atoms with Crippen molar-refractivity contribution in [1.82, 2.24) is 5.43 Å². The number of hydrogen-bond donors (Lipinski definition) is 2. The van der Waals surface area contributed by atoms with Crippen LogP contribution >= 0.6 is 11.8 Å². The van der Waals surface area contributed by atoms with Gasteiger partial charge in [-0.25, -0.2) is 0 Å². The first-order valence-corrected chi connectivity index (χ1v) is 5.56. The van der Waals surface area contributed by atoms with E-state index in [1.54, 1.807) is 0 Å². The normalized spacial score (nSPS) is 19.6. The van der Waals surface area contributed by atoms with Crippen LogP contribution < -0.4 is 15.9 Å². The van der Waals surface area contributed by atoms with Crippen molar-refractivity contribution >= 4 is 16.8 Å². The topological polar surface area (TPSA) is 59.6 Å². The van der Waals surface area contributed by atoms with Gasteiger partial charge in [0.1, 0.15) is 22.9 Å². The van der Waals surface area contributed by atoms with E-state index in [1.165, 1.54) is 17.3 Å². The van der Waals surface area contributed by atoms with E-state index in [0.717, 1.165) is 10.8 Å². The molecule has 0 saturated carbocycles. The highest BCUT2D eigenvalue weighted by Crippen LogP contribution is 2.16. The van der Waals surface area contributed by atoms with Crippen molar-refractivity contribution in [2.45, 2.75) is 12.4 Å². The summed E-state index contributed by atoms with van der Waals surface area (Å²) in [6.07, 6.45) is 0. The highest BCUT2D eigenvalue weighted by Gasteiger charge is 2.14. The number of ether oxygens (including phenoxy) is 1. The number of aryl methyl sites for hydroxylation is 1. The zero-order chi connectivity index (χ0) is 10.7. The van der Waals surface area contributed by atoms with Gasteiger partial charge in [-0.1, -0.05) is 23.9 Å². The molecule has 2 rings (SSSR count). The Balaban J connectivity index is 1.88. The van der Waals surface area contributed by atoms with Crippen molar-refractivity contribution < 1.29 is 4.74 Å². The van der Waals surface area contributed by atoms with Crippen LogP contribution in [0.1, 0.15) is 5.56 Å². The molecule has 80 valence electrons. The average Bonchev–Trinajstić information content (AvgIpc) is 2.62. The third kappa shape index (κ3) is 2.87. The Morgan fingerprint density at radius 2 is 2.47 bits per heavy atom. The van der Waals surface area contributed by atoms with Gasteiger partial charge in [-0.2, -0.15) is 5.10 Å². The van der Waals surface area contributed by atoms with Crippen LogP contribution in [-0.4, -0.2) is 17.1 Å². The highest BCUT2D eigenvalue weighted by atomic mass is 32.2. The Hall–Kier alpha value is -1.20. The summed E-state index contributed by atoms with van der Waals surface area (Å²) < 4.78 is 5.57. The maximum atomic E-state index is 5.60. The summed E-state index contributed by atoms with van der Waals surface area (Å²) in [6.45, 7) is 2.50. The Kier molecular flexibility index (Phi) is 3.13. The molecule has 0 fully saturated rings. The largest absolute Gasteiger partial charge is 0.487 e. The number of nitrogens with one attached hydrogen (secondary N) is 1. The van der Waals surface area contributed by atoms with Crippen molar-refractivity contribution in [2.75, 3.05) is 6.61 Å². The van der Waals surface area contributed by atoms with Crippen molar-refractivity contribution in [3.8, 4) is 5.75 Å². The molecule has 0 amide bonds. The molecular weight excluding hydrogens is 210 g/mol. The van der Waals surface area contributed by atoms with Gasteiger partial charge in [0.05, 0.1) is 0 Å². The molecule has 0 spiro atoms. The van der Waals surface area contributed by atoms with Gasteiger partial charge in [0.15, 0.2) is 0 Å². The van der Waals surface area contributed by atoms with E-state index in [4.69, 9.17) is 10.5 Å². The predicted octanol–water partition coefficient (Wildman–Crippen LogP) is 1.27. The van der Waals surface area contributed by atoms with Crippen LogP contribution in [0.5, 0.6) is 5.75 Å². The minimum atomic E-state index is -0.138. The molecule has 4 nitrogen and oxygen atoms in total. The predicted molar refractivity (Wildman–Crippen MR) is 62.8 cm³/mol. The lowest BCUT2D eigenvalue weighted by atomic mass is 10.2. The summed E-state index contributed by atoms with van der Waals surface area (Å²) in [5.41, 5.74) is 9.41. The van der Waals surface area contributed by atoms with Crippen LogP contribution in [0.25, 0.3) is 0 Å². The average molecular weight is 223 g/mol. The zero-order valence-electron chi connectivity index (χ0n) is 8.43. The molecule has 1 heterocycles. The second kappa shape index (κ2) is 4.55. The molecule has 0 radical (unpaired) electrons. The summed E-state index contributed by atoms with van der Waals surface area (Å²) in [4.78, 5) is 0. The van der Waals surface area contributed by atoms with Gasteiger partial charge in [-0.3, -0.25) is 5.43 Å². The Morgan fingerprint density at radius 3 is 3.13 bits per heavy atom. The van der Waals surface area contributed by atoms with E-state index >= 15 is 0 Å². The van der Waals surface area contributed by atoms with Crippen molar-refractivity contribution in [3.63, 3.8) is 0 Å². The third-order valence-corrected chi connectivity index (χ3v) is 2.77. The molecule has 1 aromatic rings. The second-order valence-corrected chi connectivity index (χ2v) is 4.49. The maximum Gasteiger partial charge on any atom is 0.144 e. The molecule has 5 heteroatoms. The SMILES string of the molecule is Cc1cccc(OCC2=NNC(N)S2)c1. The lowest BCUT2D eigenvalue weighted by Gasteiger charge is -2.05. The monoisotopic (exact) mass is 223 g/mol. The second-order valence-electron chi connectivity index (χ2n) is 3.28. The Labute approximate surface area is 92.9 Å². The number of nitrogens with two attached hydrogens (primary N) is 1. The third-order valence-electron chi connectivity index (χ3n) is 1.93. The molecule has 0 aliphatic carbocycles. The van der Waals surface area contributed by atoms with E-state index in [1.807, 2.05) is 31.2 Å². The van der Waals surface area contributed by atoms with Crippen LogP contribution in [0.15, 0.2) is 29.4 Å². The Morgan fingerprint density at radius 1 is 1.60 bits per heavy atom. The Bertz CT molecular complexity index is 381. The van der Waals surface area contributed by atoms with Crippen molar-refractivity contribution in [3.05, 3.63) is 29.8 Å². The van der Waals surface area contributed by atoms with Gasteiger partial charge in [0, 0.05) is 0 Å². The quantitative estimate of drug-likeness (QED) is 0.810. The molecule has 1 aromatic carbocycles. The summed E-state index contributed by atoms with van der Waals surface area (Å²) in [6, 6.07) is 7.93. The first kappa shape index (κ1) is 10.3. The lowest BCUT2D eigenvalue weighted by molar-refractivity contribution is 0.378. The molecule has 0 aromatic heterocycles. The van der Waals surface area contributed by atoms with E-state index in [2.05, 4.69) is 10.5 Å². The van der Waals surface area contributed by atoms with E-state index < -0.39 is 0 Å². The summed E-state index contributed by atoms with van der Waals surface area (Å²) in [5.74, 6) is 0.860. The summed E-state index contributed by atoms with van der Waals surface area (Å²) >= 11 is 1.48. The van der Waals surface area contributed by atoms with Gasteiger partial charge < -0.3 is 10.5 Å². The van der Waals surface area contributed by atoms with E-state index in [-0.39, 0.29) is 5.50 Å². The maximum absolute atomic E-state index is 5.60. The number of hydrogen-bond acceptors (Lipinski definition) is 5. The number of hydrazone groups is 1. The smallest absolute Gasteiger partial charge is 0.144 e. The van der Waals surface area contributed by atoms with Crippen molar-refractivity contribution in [2.24, 2.45) is 10.8 Å². The number of rotatable bonds is 3. The van der Waals surface area contributed by atoms with E-state index in [0.29, 0.717) is 6.61 Å². The minimum absolute atomic E-state index is 0.138. The van der Waals surface area contributed by atoms with Gasteiger partial charge >= 0.3 is 0 Å². The number of nitrogens with zero attached hydrogens (tertiary/aromatic N) is 1. The number of benzene rings is 1. The molecular formula is C10H13N3OS. The fraction of sp³-hybridized carbons (Fsp3) is 0.300. The zero-order valence-corrected chi connectivity index (χ0v) is 9.25. The van der Waals surface area contributed by atoms with Crippen LogP contribution in [0.2, 0.25) is 0 Å². The van der Waals surface area contributed by atoms with Gasteiger partial charge in [-0.05, 0) is 24.6 Å². The fourth-order valence-corrected chi connectivity index (χ4v) is 1.88. The number of thioether (sulfide) groups is 1. The molecule has 3 N–H and O–H groups in total. The molecule has 1 unspecified atom stereocenters. The molecule has 15 heavy (non-hydrogen) atoms. The molecule has 0 bridgehead atoms. The van der Waals surface area contributed by atoms with Crippen molar-refractivity contribution in [1.29, 1.82) is 0 Å². The van der Waals surface area contributed by atoms with Crippen LogP contribution in [0.4, 0.5) is 0 Å². The van der Waals surface area contributed by atoms with Crippen LogP contribution in [-0.2, 0) is 0 Å². The first-order valence-electron chi connectivity index (χ1n) is 4.68. The standard InChI is InChI=1S/C10H13N3OS/c1-7-3-2-4-8(5-7)14-6-9-12-13-10(11)15-9/h2-5,10,13H,6,11H2,1H3. The molecule has 0 saturated heterocycles. The minimum Gasteiger partial charge on any atom is -0.487 e. The molecule has 1 aliphatic heterocycles. The molecule has 1 aliphatic rings. The fourth-order valence-electron chi connectivity index (χ4n) is 1.25.